The van der Waals surface area contributed by atoms with Gasteiger partial charge in [0.05, 0.1) is 7.11 Å². The van der Waals surface area contributed by atoms with Crippen molar-refractivity contribution in [3.05, 3.63) is 63.7 Å². The smallest absolute Gasteiger partial charge is 0.272 e. The van der Waals surface area contributed by atoms with E-state index in [0.29, 0.717) is 11.6 Å². The number of aryl methyl sites for hydroxylation is 1. The SMILES string of the molecule is CCc1cc(=O)n2[nH]c(C3CCN(Cc4ccccc4OC)C3)cc2n1. The molecule has 0 aliphatic carbocycles. The molecular formula is C20H24N4O2. The number of H-pyrrole nitrogens is 1. The van der Waals surface area contributed by atoms with E-state index in [9.17, 15) is 4.79 Å². The van der Waals surface area contributed by atoms with Crippen LogP contribution in [0.1, 0.15) is 36.2 Å². The lowest BCUT2D eigenvalue weighted by Gasteiger charge is -2.17. The van der Waals surface area contributed by atoms with Gasteiger partial charge in [-0.05, 0) is 25.5 Å². The number of fused-ring (bicyclic) bond motifs is 1. The molecule has 0 bridgehead atoms. The van der Waals surface area contributed by atoms with Crippen LogP contribution in [0.5, 0.6) is 5.75 Å². The van der Waals surface area contributed by atoms with Gasteiger partial charge in [0.2, 0.25) is 0 Å². The summed E-state index contributed by atoms with van der Waals surface area (Å²) in [6.07, 6.45) is 1.83. The zero-order valence-corrected chi connectivity index (χ0v) is 15.2. The van der Waals surface area contributed by atoms with Gasteiger partial charge in [0.15, 0.2) is 5.65 Å². The van der Waals surface area contributed by atoms with E-state index >= 15 is 0 Å². The minimum absolute atomic E-state index is 0.0398. The van der Waals surface area contributed by atoms with Gasteiger partial charge in [-0.1, -0.05) is 25.1 Å². The molecule has 1 N–H and O–H groups in total. The summed E-state index contributed by atoms with van der Waals surface area (Å²) in [4.78, 5) is 19.2. The number of ether oxygens (including phenoxy) is 1. The normalized spacial score (nSPS) is 17.8. The monoisotopic (exact) mass is 352 g/mol. The highest BCUT2D eigenvalue weighted by Gasteiger charge is 2.26. The van der Waals surface area contributed by atoms with E-state index in [1.807, 2.05) is 31.2 Å². The number of aromatic amines is 1. The maximum atomic E-state index is 12.2. The summed E-state index contributed by atoms with van der Waals surface area (Å²) >= 11 is 0. The zero-order valence-electron chi connectivity index (χ0n) is 15.2. The molecule has 4 rings (SSSR count). The van der Waals surface area contributed by atoms with Crippen molar-refractivity contribution in [3.8, 4) is 5.75 Å². The summed E-state index contributed by atoms with van der Waals surface area (Å²) in [5.41, 5.74) is 3.81. The third kappa shape index (κ3) is 3.12. The van der Waals surface area contributed by atoms with E-state index in [1.54, 1.807) is 17.7 Å². The fraction of sp³-hybridized carbons (Fsp3) is 0.400. The van der Waals surface area contributed by atoms with Crippen LogP contribution in [-0.2, 0) is 13.0 Å². The minimum Gasteiger partial charge on any atom is -0.496 e. The van der Waals surface area contributed by atoms with Crippen LogP contribution in [0.25, 0.3) is 5.65 Å². The van der Waals surface area contributed by atoms with Crippen LogP contribution in [0.15, 0.2) is 41.2 Å². The molecule has 0 radical (unpaired) electrons. The Morgan fingerprint density at radius 3 is 2.96 bits per heavy atom. The fourth-order valence-electron chi connectivity index (χ4n) is 3.75. The van der Waals surface area contributed by atoms with Crippen molar-refractivity contribution in [1.29, 1.82) is 0 Å². The number of rotatable bonds is 5. The second kappa shape index (κ2) is 6.96. The highest BCUT2D eigenvalue weighted by atomic mass is 16.5. The van der Waals surface area contributed by atoms with Crippen molar-refractivity contribution in [2.45, 2.75) is 32.2 Å². The van der Waals surface area contributed by atoms with Crippen LogP contribution >= 0.6 is 0 Å². The Hall–Kier alpha value is -2.60. The second-order valence-electron chi connectivity index (χ2n) is 6.88. The van der Waals surface area contributed by atoms with Crippen LogP contribution in [-0.4, -0.2) is 39.7 Å². The third-order valence-electron chi connectivity index (χ3n) is 5.18. The highest BCUT2D eigenvalue weighted by Crippen LogP contribution is 2.29. The lowest BCUT2D eigenvalue weighted by molar-refractivity contribution is 0.316. The average Bonchev–Trinajstić information content (AvgIpc) is 3.29. The van der Waals surface area contributed by atoms with E-state index < -0.39 is 0 Å². The molecule has 6 nitrogen and oxygen atoms in total. The fourth-order valence-corrected chi connectivity index (χ4v) is 3.75. The molecule has 3 heterocycles. The van der Waals surface area contributed by atoms with Gasteiger partial charge >= 0.3 is 0 Å². The summed E-state index contributed by atoms with van der Waals surface area (Å²) in [5, 5.41) is 3.25. The van der Waals surface area contributed by atoms with E-state index in [2.05, 4.69) is 21.0 Å². The van der Waals surface area contributed by atoms with Gasteiger partial charge in [0.1, 0.15) is 5.75 Å². The molecule has 1 unspecified atom stereocenters. The number of hydrogen-bond donors (Lipinski definition) is 1. The van der Waals surface area contributed by atoms with Gasteiger partial charge in [-0.25, -0.2) is 9.50 Å². The van der Waals surface area contributed by atoms with Crippen molar-refractivity contribution in [2.75, 3.05) is 20.2 Å². The topological polar surface area (TPSA) is 62.6 Å². The molecule has 0 spiro atoms. The highest BCUT2D eigenvalue weighted by molar-refractivity contribution is 5.41. The van der Waals surface area contributed by atoms with Gasteiger partial charge in [-0.2, -0.15) is 0 Å². The molecule has 1 aromatic carbocycles. The molecule has 2 aromatic heterocycles. The van der Waals surface area contributed by atoms with Gasteiger partial charge in [-0.15, -0.1) is 0 Å². The molecule has 26 heavy (non-hydrogen) atoms. The van der Waals surface area contributed by atoms with Crippen molar-refractivity contribution in [1.82, 2.24) is 19.5 Å². The van der Waals surface area contributed by atoms with Crippen molar-refractivity contribution < 1.29 is 4.74 Å². The number of nitrogens with zero attached hydrogens (tertiary/aromatic N) is 3. The molecular weight excluding hydrogens is 328 g/mol. The van der Waals surface area contributed by atoms with Gasteiger partial charge in [0, 0.05) is 48.1 Å². The molecule has 1 atom stereocenters. The molecule has 0 saturated carbocycles. The Bertz CT molecular complexity index is 975. The largest absolute Gasteiger partial charge is 0.496 e. The summed E-state index contributed by atoms with van der Waals surface area (Å²) in [5.74, 6) is 1.32. The molecule has 1 aliphatic rings. The Kier molecular flexibility index (Phi) is 4.51. The number of methoxy groups -OCH3 is 1. The van der Waals surface area contributed by atoms with Crippen LogP contribution in [0, 0.1) is 0 Å². The lowest BCUT2D eigenvalue weighted by Crippen LogP contribution is -2.20. The molecule has 6 heteroatoms. The average molecular weight is 352 g/mol. The molecule has 1 fully saturated rings. The van der Waals surface area contributed by atoms with Gasteiger partial charge in [-0.3, -0.25) is 14.8 Å². The lowest BCUT2D eigenvalue weighted by atomic mass is 10.1. The number of para-hydroxylation sites is 1. The Labute approximate surface area is 152 Å². The minimum atomic E-state index is -0.0398. The van der Waals surface area contributed by atoms with Crippen LogP contribution < -0.4 is 10.3 Å². The first-order chi connectivity index (χ1) is 12.7. The van der Waals surface area contributed by atoms with Crippen molar-refractivity contribution in [3.63, 3.8) is 0 Å². The number of likely N-dealkylation sites (tertiary alicyclic amines) is 1. The predicted octanol–water partition coefficient (Wildman–Crippen LogP) is 2.58. The van der Waals surface area contributed by atoms with E-state index in [0.717, 1.165) is 49.6 Å². The second-order valence-corrected chi connectivity index (χ2v) is 6.88. The summed E-state index contributed by atoms with van der Waals surface area (Å²) in [6.45, 7) is 4.87. The number of aromatic nitrogens is 3. The quantitative estimate of drug-likeness (QED) is 0.767. The van der Waals surface area contributed by atoms with E-state index in [1.165, 1.54) is 5.56 Å². The molecule has 136 valence electrons. The third-order valence-corrected chi connectivity index (χ3v) is 5.18. The van der Waals surface area contributed by atoms with Crippen LogP contribution in [0.4, 0.5) is 0 Å². The first kappa shape index (κ1) is 16.8. The summed E-state index contributed by atoms with van der Waals surface area (Å²) < 4.78 is 7.02. The van der Waals surface area contributed by atoms with Crippen molar-refractivity contribution in [2.24, 2.45) is 0 Å². The number of benzene rings is 1. The predicted molar refractivity (Wildman–Crippen MR) is 101 cm³/mol. The maximum absolute atomic E-state index is 12.2. The molecule has 1 saturated heterocycles. The maximum Gasteiger partial charge on any atom is 0.272 e. The van der Waals surface area contributed by atoms with Crippen LogP contribution in [0.2, 0.25) is 0 Å². The molecule has 3 aromatic rings. The molecule has 1 aliphatic heterocycles. The zero-order chi connectivity index (χ0) is 18.1. The first-order valence-electron chi connectivity index (χ1n) is 9.13. The van der Waals surface area contributed by atoms with Gasteiger partial charge in [0.25, 0.3) is 5.56 Å². The number of hydrogen-bond acceptors (Lipinski definition) is 4. The summed E-state index contributed by atoms with van der Waals surface area (Å²) in [6, 6.07) is 11.8. The molecule has 0 amide bonds. The Balaban J connectivity index is 1.53. The number of nitrogens with one attached hydrogen (secondary N) is 1. The standard InChI is InChI=1S/C20H24N4O2/c1-3-16-10-20(25)24-19(21-16)11-17(22-24)14-8-9-23(12-14)13-15-6-4-5-7-18(15)26-2/h4-7,10-11,14,22H,3,8-9,12-13H2,1-2H3. The summed E-state index contributed by atoms with van der Waals surface area (Å²) in [7, 11) is 1.71. The Morgan fingerprint density at radius 2 is 2.15 bits per heavy atom. The van der Waals surface area contributed by atoms with E-state index in [4.69, 9.17) is 4.74 Å². The van der Waals surface area contributed by atoms with E-state index in [-0.39, 0.29) is 5.56 Å². The first-order valence-corrected chi connectivity index (χ1v) is 9.13. The van der Waals surface area contributed by atoms with Gasteiger partial charge < -0.3 is 4.74 Å². The van der Waals surface area contributed by atoms with Crippen molar-refractivity contribution >= 4 is 5.65 Å². The van der Waals surface area contributed by atoms with Crippen LogP contribution in [0.3, 0.4) is 0 Å². The Morgan fingerprint density at radius 1 is 1.31 bits per heavy atom.